The van der Waals surface area contributed by atoms with Crippen molar-refractivity contribution in [3.05, 3.63) is 70.8 Å². The van der Waals surface area contributed by atoms with Crippen LogP contribution in [0.2, 0.25) is 0 Å². The Kier molecular flexibility index (Phi) is 9.56. The van der Waals surface area contributed by atoms with Crippen molar-refractivity contribution >= 4 is 17.8 Å². The second kappa shape index (κ2) is 12.4. The van der Waals surface area contributed by atoms with E-state index in [0.29, 0.717) is 6.42 Å². The van der Waals surface area contributed by atoms with E-state index in [0.717, 1.165) is 29.3 Å². The molecule has 0 radical (unpaired) electrons. The fourth-order valence-electron chi connectivity index (χ4n) is 4.90. The summed E-state index contributed by atoms with van der Waals surface area (Å²) < 4.78 is 27.5. The highest BCUT2D eigenvalue weighted by molar-refractivity contribution is 5.83. The quantitative estimate of drug-likeness (QED) is 0.354. The van der Waals surface area contributed by atoms with Crippen LogP contribution in [-0.2, 0) is 26.3 Å². The van der Waals surface area contributed by atoms with Crippen LogP contribution in [0, 0.1) is 11.6 Å². The van der Waals surface area contributed by atoms with Crippen molar-refractivity contribution in [3.63, 3.8) is 0 Å². The van der Waals surface area contributed by atoms with Gasteiger partial charge in [0.25, 0.3) is 0 Å². The number of amides is 2. The summed E-state index contributed by atoms with van der Waals surface area (Å²) in [6.45, 7) is 5.17. The third-order valence-corrected chi connectivity index (χ3v) is 6.93. The maximum Gasteiger partial charge on any atom is 0.323 e. The number of hydrogen-bond acceptors (Lipinski definition) is 5. The Labute approximate surface area is 221 Å². The van der Waals surface area contributed by atoms with Crippen LogP contribution >= 0.6 is 0 Å². The molecule has 1 heterocycles. The lowest BCUT2D eigenvalue weighted by Gasteiger charge is -2.43. The van der Waals surface area contributed by atoms with Crippen LogP contribution in [0.1, 0.15) is 56.2 Å². The molecule has 3 atom stereocenters. The lowest BCUT2D eigenvalue weighted by atomic mass is 9.79. The molecule has 10 heteroatoms. The Bertz CT molecular complexity index is 1150. The van der Waals surface area contributed by atoms with Crippen LogP contribution < -0.4 is 10.6 Å². The van der Waals surface area contributed by atoms with E-state index in [-0.39, 0.29) is 43.3 Å². The van der Waals surface area contributed by atoms with Crippen molar-refractivity contribution in [2.24, 2.45) is 0 Å². The van der Waals surface area contributed by atoms with Crippen LogP contribution in [0.25, 0.3) is 0 Å². The van der Waals surface area contributed by atoms with Gasteiger partial charge < -0.3 is 25.7 Å². The fraction of sp³-hybridized carbons (Fsp3) is 0.464. The van der Waals surface area contributed by atoms with Gasteiger partial charge in [0, 0.05) is 32.5 Å². The number of carbonyl (C=O) groups excluding carboxylic acids is 2. The van der Waals surface area contributed by atoms with Crippen molar-refractivity contribution in [2.75, 3.05) is 19.6 Å². The van der Waals surface area contributed by atoms with E-state index in [9.17, 15) is 28.3 Å². The molecule has 3 rings (SSSR count). The molecule has 0 bridgehead atoms. The minimum atomic E-state index is -1.16. The predicted octanol–water partition coefficient (Wildman–Crippen LogP) is 2.69. The molecule has 38 heavy (non-hydrogen) atoms. The van der Waals surface area contributed by atoms with Crippen LogP contribution in [0.3, 0.4) is 0 Å². The molecule has 206 valence electrons. The largest absolute Gasteiger partial charge is 0.480 e. The number of aliphatic hydroxyl groups is 1. The van der Waals surface area contributed by atoms with Gasteiger partial charge in [-0.2, -0.15) is 0 Å². The van der Waals surface area contributed by atoms with Gasteiger partial charge in [0.2, 0.25) is 11.8 Å². The van der Waals surface area contributed by atoms with Gasteiger partial charge in [0.05, 0.1) is 17.7 Å². The lowest BCUT2D eigenvalue weighted by molar-refractivity contribution is -0.147. The summed E-state index contributed by atoms with van der Waals surface area (Å²) in [6, 6.07) is 9.97. The maximum atomic E-state index is 13.7. The molecule has 1 saturated heterocycles. The van der Waals surface area contributed by atoms with Gasteiger partial charge in [0.1, 0.15) is 18.2 Å². The van der Waals surface area contributed by atoms with Crippen molar-refractivity contribution in [1.82, 2.24) is 15.5 Å². The summed E-state index contributed by atoms with van der Waals surface area (Å²) in [4.78, 5) is 37.4. The Balaban J connectivity index is 1.86. The fourth-order valence-corrected chi connectivity index (χ4v) is 4.90. The van der Waals surface area contributed by atoms with Crippen molar-refractivity contribution < 1.29 is 33.4 Å². The molecule has 0 aliphatic carbocycles. The maximum absolute atomic E-state index is 13.7. The van der Waals surface area contributed by atoms with Gasteiger partial charge in [0.15, 0.2) is 0 Å². The zero-order chi connectivity index (χ0) is 28.0. The third-order valence-electron chi connectivity index (χ3n) is 6.93. The zero-order valence-electron chi connectivity index (χ0n) is 21.8. The molecule has 4 N–H and O–H groups in total. The second-order valence-electron chi connectivity index (χ2n) is 10.2. The van der Waals surface area contributed by atoms with Crippen LogP contribution in [0.15, 0.2) is 42.5 Å². The first-order valence-corrected chi connectivity index (χ1v) is 12.6. The molecule has 2 unspecified atom stereocenters. The Morgan fingerprint density at radius 1 is 1.13 bits per heavy atom. The molecule has 1 fully saturated rings. The highest BCUT2D eigenvalue weighted by Gasteiger charge is 2.41. The smallest absolute Gasteiger partial charge is 0.323 e. The molecule has 2 amide bonds. The number of aliphatic carboxylic acids is 1. The number of hydrogen-bond donors (Lipinski definition) is 4. The SMILES string of the molecule is CC(=O)NC(Cc1cc(F)cc(F)c1)C(O)CN[C@]1(c2cccc(C(C)C)c2)CCN(CC(=O)O)C(=O)C1. The zero-order valence-corrected chi connectivity index (χ0v) is 21.8. The minimum Gasteiger partial charge on any atom is -0.480 e. The monoisotopic (exact) mass is 531 g/mol. The normalized spacial score (nSPS) is 19.3. The number of rotatable bonds is 11. The molecule has 1 aliphatic heterocycles. The van der Waals surface area contributed by atoms with Crippen molar-refractivity contribution in [1.29, 1.82) is 0 Å². The standard InChI is InChI=1S/C28H35F2N3O5/c1-17(2)20-5-4-6-21(12-20)28(7-8-33(16-27(37)38)26(36)14-28)31-15-25(35)24(32-18(3)34)11-19-9-22(29)13-23(30)10-19/h4-6,9-10,12-13,17,24-25,31,35H,7-8,11,14-16H2,1-3H3,(H,32,34)(H,37,38)/t24?,25?,28-/m1/s1. The first-order chi connectivity index (χ1) is 17.9. The number of carboxylic acid groups (broad SMARTS) is 1. The Morgan fingerprint density at radius 2 is 1.82 bits per heavy atom. The highest BCUT2D eigenvalue weighted by atomic mass is 19.1. The average molecular weight is 532 g/mol. The molecule has 8 nitrogen and oxygen atoms in total. The lowest BCUT2D eigenvalue weighted by Crippen LogP contribution is -2.57. The van der Waals surface area contributed by atoms with Gasteiger partial charge in [-0.25, -0.2) is 8.78 Å². The molecular weight excluding hydrogens is 496 g/mol. The van der Waals surface area contributed by atoms with E-state index in [4.69, 9.17) is 5.11 Å². The van der Waals surface area contributed by atoms with E-state index < -0.39 is 47.7 Å². The van der Waals surface area contributed by atoms with Crippen molar-refractivity contribution in [3.8, 4) is 0 Å². The molecule has 2 aromatic carbocycles. The van der Waals surface area contributed by atoms with Crippen LogP contribution in [-0.4, -0.2) is 64.7 Å². The predicted molar refractivity (Wildman–Crippen MR) is 137 cm³/mol. The second-order valence-corrected chi connectivity index (χ2v) is 10.2. The number of halogens is 2. The van der Waals surface area contributed by atoms with Crippen molar-refractivity contribution in [2.45, 2.75) is 63.6 Å². The molecular formula is C28H35F2N3O5. The summed E-state index contributed by atoms with van der Waals surface area (Å²) in [5.74, 6) is -3.12. The minimum absolute atomic E-state index is 0.0156. The van der Waals surface area contributed by atoms with E-state index in [1.54, 1.807) is 0 Å². The Hall–Kier alpha value is -3.37. The first-order valence-electron chi connectivity index (χ1n) is 12.6. The summed E-state index contributed by atoms with van der Waals surface area (Å²) in [7, 11) is 0. The third kappa shape index (κ3) is 7.58. The summed E-state index contributed by atoms with van der Waals surface area (Å²) in [6.07, 6.45) is -0.796. The molecule has 1 aliphatic rings. The number of likely N-dealkylation sites (tertiary alicyclic amines) is 1. The molecule has 0 spiro atoms. The first kappa shape index (κ1) is 29.2. The highest BCUT2D eigenvalue weighted by Crippen LogP contribution is 2.35. The van der Waals surface area contributed by atoms with E-state index in [2.05, 4.69) is 24.5 Å². The van der Waals surface area contributed by atoms with Gasteiger partial charge in [-0.1, -0.05) is 38.1 Å². The van der Waals surface area contributed by atoms with Gasteiger partial charge in [-0.15, -0.1) is 0 Å². The van der Waals surface area contributed by atoms with Gasteiger partial charge >= 0.3 is 5.97 Å². The van der Waals surface area contributed by atoms with E-state index in [1.807, 2.05) is 24.3 Å². The van der Waals surface area contributed by atoms with E-state index in [1.165, 1.54) is 11.8 Å². The molecule has 0 aromatic heterocycles. The van der Waals surface area contributed by atoms with Gasteiger partial charge in [-0.3, -0.25) is 14.4 Å². The number of nitrogens with zero attached hydrogens (tertiary/aromatic N) is 1. The Morgan fingerprint density at radius 3 is 2.39 bits per heavy atom. The number of nitrogens with one attached hydrogen (secondary N) is 2. The number of carbonyl (C=O) groups is 3. The summed E-state index contributed by atoms with van der Waals surface area (Å²) in [5, 5.41) is 26.3. The van der Waals surface area contributed by atoms with E-state index >= 15 is 0 Å². The number of carboxylic acids is 1. The topological polar surface area (TPSA) is 119 Å². The summed E-state index contributed by atoms with van der Waals surface area (Å²) in [5.41, 5.74) is 1.29. The van der Waals surface area contributed by atoms with Gasteiger partial charge in [-0.05, 0) is 47.6 Å². The average Bonchev–Trinajstić information content (AvgIpc) is 2.82. The summed E-state index contributed by atoms with van der Waals surface area (Å²) >= 11 is 0. The number of aliphatic hydroxyl groups excluding tert-OH is 1. The van der Waals surface area contributed by atoms with Crippen LogP contribution in [0.4, 0.5) is 8.78 Å². The number of benzene rings is 2. The molecule has 0 saturated carbocycles. The van der Waals surface area contributed by atoms with Crippen LogP contribution in [0.5, 0.6) is 0 Å². The molecule has 2 aromatic rings. The number of piperidine rings is 1.